The predicted octanol–water partition coefficient (Wildman–Crippen LogP) is 6.15. The molecule has 10 nitrogen and oxygen atoms in total. The highest BCUT2D eigenvalue weighted by atomic mass is 16.6. The van der Waals surface area contributed by atoms with E-state index in [0.717, 1.165) is 18.5 Å². The monoisotopic (exact) mass is 599 g/mol. The Morgan fingerprint density at radius 2 is 1.64 bits per heavy atom. The number of hydrogen-bond donors (Lipinski definition) is 2. The van der Waals surface area contributed by atoms with E-state index in [-0.39, 0.29) is 35.4 Å². The van der Waals surface area contributed by atoms with Crippen LogP contribution in [0.3, 0.4) is 0 Å². The minimum absolute atomic E-state index is 0.0399. The fourth-order valence-electron chi connectivity index (χ4n) is 5.77. The first-order valence-corrected chi connectivity index (χ1v) is 15.3. The van der Waals surface area contributed by atoms with Gasteiger partial charge < -0.3 is 25.0 Å². The van der Waals surface area contributed by atoms with Gasteiger partial charge in [0.2, 0.25) is 5.95 Å². The Hall–Kier alpha value is -4.47. The summed E-state index contributed by atoms with van der Waals surface area (Å²) in [5.41, 5.74) is 2.59. The first-order chi connectivity index (χ1) is 21.0. The van der Waals surface area contributed by atoms with Gasteiger partial charge in [0, 0.05) is 54.8 Å². The third-order valence-corrected chi connectivity index (χ3v) is 8.16. The van der Waals surface area contributed by atoms with Crippen molar-refractivity contribution in [2.45, 2.75) is 64.9 Å². The van der Waals surface area contributed by atoms with E-state index >= 15 is 0 Å². The van der Waals surface area contributed by atoms with Crippen molar-refractivity contribution in [3.05, 3.63) is 65.9 Å². The molecular formula is C34H41N5O5. The fourth-order valence-corrected chi connectivity index (χ4v) is 5.77. The third-order valence-electron chi connectivity index (χ3n) is 8.16. The molecule has 1 unspecified atom stereocenters. The number of para-hydroxylation sites is 1. The normalized spacial score (nSPS) is 17.7. The molecule has 3 aromatic rings. The van der Waals surface area contributed by atoms with E-state index in [1.165, 1.54) is 0 Å². The largest absolute Gasteiger partial charge is 0.507 e. The van der Waals surface area contributed by atoms with Gasteiger partial charge in [-0.3, -0.25) is 9.59 Å². The van der Waals surface area contributed by atoms with Crippen molar-refractivity contribution in [2.24, 2.45) is 5.92 Å². The minimum atomic E-state index is -0.583. The number of carbonyl (C=O) groups is 3. The zero-order valence-electron chi connectivity index (χ0n) is 25.9. The van der Waals surface area contributed by atoms with Gasteiger partial charge in [0.15, 0.2) is 0 Å². The van der Waals surface area contributed by atoms with E-state index in [1.807, 2.05) is 45.0 Å². The highest BCUT2D eigenvalue weighted by Gasteiger charge is 2.30. The quantitative estimate of drug-likeness (QED) is 0.346. The number of likely N-dealkylation sites (tertiary alicyclic amines) is 2. The maximum atomic E-state index is 13.1. The van der Waals surface area contributed by atoms with Crippen molar-refractivity contribution in [2.75, 3.05) is 31.5 Å². The maximum Gasteiger partial charge on any atom is 0.410 e. The van der Waals surface area contributed by atoms with Gasteiger partial charge in [-0.1, -0.05) is 12.1 Å². The Morgan fingerprint density at radius 3 is 2.30 bits per heavy atom. The average Bonchev–Trinajstić information content (AvgIpc) is 3.00. The number of nitrogens with one attached hydrogen (secondary N) is 1. The van der Waals surface area contributed by atoms with E-state index in [2.05, 4.69) is 5.32 Å². The standard InChI is InChI=1S/C34H41N5O5/c1-22(40)23-15-18-38(19-16-23)31(42)24-11-13-26(14-12-24)35-32-36-28(20-29(37-32)27-9-5-6-10-30(27)41)25-8-7-17-39(21-25)33(43)44-34(2,3)4/h5-6,9-14,20,23,25,41H,7-8,15-19,21H2,1-4H3,(H,35,36,37). The van der Waals surface area contributed by atoms with Crippen LogP contribution in [-0.2, 0) is 9.53 Å². The molecule has 2 aliphatic heterocycles. The summed E-state index contributed by atoms with van der Waals surface area (Å²) in [5.74, 6) is 0.589. The molecule has 2 fully saturated rings. The number of rotatable bonds is 6. The lowest BCUT2D eigenvalue weighted by Crippen LogP contribution is -2.42. The maximum absolute atomic E-state index is 13.1. The molecule has 0 radical (unpaired) electrons. The van der Waals surface area contributed by atoms with Crippen LogP contribution in [0.5, 0.6) is 5.75 Å². The summed E-state index contributed by atoms with van der Waals surface area (Å²) in [7, 11) is 0. The molecule has 0 bridgehead atoms. The number of phenolic OH excluding ortho intramolecular Hbond substituents is 1. The van der Waals surface area contributed by atoms with Crippen LogP contribution in [0.25, 0.3) is 11.3 Å². The van der Waals surface area contributed by atoms with Gasteiger partial charge in [0.25, 0.3) is 5.91 Å². The highest BCUT2D eigenvalue weighted by Crippen LogP contribution is 2.33. The zero-order valence-corrected chi connectivity index (χ0v) is 25.9. The lowest BCUT2D eigenvalue weighted by atomic mass is 9.93. The van der Waals surface area contributed by atoms with Crippen LogP contribution in [0, 0.1) is 5.92 Å². The van der Waals surface area contributed by atoms with Gasteiger partial charge in [-0.05, 0) is 95.8 Å². The van der Waals surface area contributed by atoms with E-state index in [1.54, 1.807) is 47.1 Å². The lowest BCUT2D eigenvalue weighted by molar-refractivity contribution is -0.121. The topological polar surface area (TPSA) is 125 Å². The molecule has 3 heterocycles. The SMILES string of the molecule is CC(=O)C1CCN(C(=O)c2ccc(Nc3nc(-c4ccccc4O)cc(C4CCCN(C(=O)OC(C)(C)C)C4)n3)cc2)CC1. The number of ketones is 1. The van der Waals surface area contributed by atoms with Crippen LogP contribution in [-0.4, -0.2) is 74.4 Å². The van der Waals surface area contributed by atoms with Gasteiger partial charge >= 0.3 is 6.09 Å². The van der Waals surface area contributed by atoms with Crippen LogP contribution < -0.4 is 5.32 Å². The molecule has 1 aromatic heterocycles. The summed E-state index contributed by atoms with van der Waals surface area (Å²) in [6.07, 6.45) is 2.71. The molecule has 5 rings (SSSR count). The number of nitrogens with zero attached hydrogens (tertiary/aromatic N) is 4. The molecule has 0 spiro atoms. The number of anilines is 2. The number of piperidine rings is 2. The van der Waals surface area contributed by atoms with E-state index in [4.69, 9.17) is 14.7 Å². The molecule has 2 N–H and O–H groups in total. The van der Waals surface area contributed by atoms with Crippen molar-refractivity contribution in [1.29, 1.82) is 0 Å². The van der Waals surface area contributed by atoms with Crippen LogP contribution in [0.4, 0.5) is 16.4 Å². The molecule has 10 heteroatoms. The van der Waals surface area contributed by atoms with Crippen LogP contribution >= 0.6 is 0 Å². The highest BCUT2D eigenvalue weighted by molar-refractivity contribution is 5.95. The van der Waals surface area contributed by atoms with Crippen molar-refractivity contribution in [3.8, 4) is 17.0 Å². The minimum Gasteiger partial charge on any atom is -0.507 e. The van der Waals surface area contributed by atoms with Crippen LogP contribution in [0.15, 0.2) is 54.6 Å². The van der Waals surface area contributed by atoms with E-state index in [9.17, 15) is 19.5 Å². The van der Waals surface area contributed by atoms with Crippen molar-refractivity contribution >= 4 is 29.4 Å². The van der Waals surface area contributed by atoms with Crippen molar-refractivity contribution < 1.29 is 24.2 Å². The number of ether oxygens (including phenoxy) is 1. The summed E-state index contributed by atoms with van der Waals surface area (Å²) >= 11 is 0. The molecule has 232 valence electrons. The van der Waals surface area contributed by atoms with Crippen LogP contribution in [0.1, 0.15) is 75.3 Å². The molecule has 0 saturated carbocycles. The molecule has 2 saturated heterocycles. The summed E-state index contributed by atoms with van der Waals surface area (Å²) in [4.78, 5) is 50.7. The molecule has 1 atom stereocenters. The Balaban J connectivity index is 1.36. The second kappa shape index (κ2) is 13.0. The number of hydrogen-bond acceptors (Lipinski definition) is 8. The van der Waals surface area contributed by atoms with E-state index in [0.29, 0.717) is 67.5 Å². The third kappa shape index (κ3) is 7.53. The zero-order chi connectivity index (χ0) is 31.4. The number of aromatic hydroxyl groups is 1. The first kappa shape index (κ1) is 31.0. The molecule has 2 aliphatic rings. The number of Topliss-reactive ketones (excluding diaryl/α,β-unsaturated/α-hetero) is 1. The molecule has 2 amide bonds. The second-order valence-corrected chi connectivity index (χ2v) is 12.7. The van der Waals surface area contributed by atoms with E-state index < -0.39 is 5.60 Å². The first-order valence-electron chi connectivity index (χ1n) is 15.3. The number of benzene rings is 2. The van der Waals surface area contributed by atoms with Gasteiger partial charge in [0.05, 0.1) is 11.4 Å². The second-order valence-electron chi connectivity index (χ2n) is 12.7. The van der Waals surface area contributed by atoms with Crippen molar-refractivity contribution in [1.82, 2.24) is 19.8 Å². The number of aromatic nitrogens is 2. The number of carbonyl (C=O) groups excluding carboxylic acids is 3. The summed E-state index contributed by atoms with van der Waals surface area (Å²) in [5, 5.41) is 13.9. The van der Waals surface area contributed by atoms with Gasteiger partial charge in [0.1, 0.15) is 17.1 Å². The van der Waals surface area contributed by atoms with Gasteiger partial charge in [-0.2, -0.15) is 0 Å². The predicted molar refractivity (Wildman–Crippen MR) is 168 cm³/mol. The molecule has 2 aromatic carbocycles. The summed E-state index contributed by atoms with van der Waals surface area (Å²) in [6.45, 7) is 9.42. The number of phenols is 1. The van der Waals surface area contributed by atoms with Crippen molar-refractivity contribution in [3.63, 3.8) is 0 Å². The van der Waals surface area contributed by atoms with Gasteiger partial charge in [-0.15, -0.1) is 0 Å². The molecule has 44 heavy (non-hydrogen) atoms. The fraction of sp³-hybridized carbons (Fsp3) is 0.441. The Kier molecular flexibility index (Phi) is 9.17. The van der Waals surface area contributed by atoms with Gasteiger partial charge in [-0.25, -0.2) is 14.8 Å². The molecular weight excluding hydrogens is 558 g/mol. The lowest BCUT2D eigenvalue weighted by Gasteiger charge is -2.34. The average molecular weight is 600 g/mol. The number of amides is 2. The Morgan fingerprint density at radius 1 is 0.932 bits per heavy atom. The Labute approximate surface area is 258 Å². The Bertz CT molecular complexity index is 1510. The smallest absolute Gasteiger partial charge is 0.410 e. The molecule has 0 aliphatic carbocycles. The van der Waals surface area contributed by atoms with Crippen LogP contribution in [0.2, 0.25) is 0 Å². The summed E-state index contributed by atoms with van der Waals surface area (Å²) in [6, 6.07) is 16.1. The summed E-state index contributed by atoms with van der Waals surface area (Å²) < 4.78 is 5.62.